The third-order valence-corrected chi connectivity index (χ3v) is 1.27. The predicted molar refractivity (Wildman–Crippen MR) is 41.2 cm³/mol. The molecule has 0 aliphatic carbocycles. The summed E-state index contributed by atoms with van der Waals surface area (Å²) in [5, 5.41) is 0. The number of rotatable bonds is 5. The summed E-state index contributed by atoms with van der Waals surface area (Å²) in [6, 6.07) is 0. The zero-order valence-electron chi connectivity index (χ0n) is 7.05. The summed E-state index contributed by atoms with van der Waals surface area (Å²) in [4.78, 5) is 20.9. The first-order chi connectivity index (χ1) is 5.18. The number of ketones is 1. The average Bonchev–Trinajstić information content (AvgIpc) is 1.97. The van der Waals surface area contributed by atoms with Crippen molar-refractivity contribution in [3.05, 3.63) is 0 Å². The average molecular weight is 158 g/mol. The Balaban J connectivity index is 3.25. The van der Waals surface area contributed by atoms with Gasteiger partial charge in [0.15, 0.2) is 0 Å². The Morgan fingerprint density at radius 3 is 2.36 bits per heavy atom. The zero-order valence-corrected chi connectivity index (χ0v) is 7.05. The maximum Gasteiger partial charge on any atom is 0.374 e. The zero-order chi connectivity index (χ0) is 8.69. The molecule has 0 unspecified atom stereocenters. The second-order valence-electron chi connectivity index (χ2n) is 2.40. The molecule has 0 aromatic carbocycles. The van der Waals surface area contributed by atoms with Crippen molar-refractivity contribution in [3.63, 3.8) is 0 Å². The largest absolute Gasteiger partial charge is 0.460 e. The Morgan fingerprint density at radius 1 is 1.27 bits per heavy atom. The molecule has 0 aromatic rings. The number of esters is 1. The van der Waals surface area contributed by atoms with E-state index in [1.165, 1.54) is 6.92 Å². The van der Waals surface area contributed by atoms with E-state index in [0.29, 0.717) is 6.61 Å². The van der Waals surface area contributed by atoms with Crippen LogP contribution < -0.4 is 0 Å². The van der Waals surface area contributed by atoms with Crippen molar-refractivity contribution in [1.29, 1.82) is 0 Å². The van der Waals surface area contributed by atoms with Gasteiger partial charge >= 0.3 is 5.97 Å². The number of hydrogen-bond donors (Lipinski definition) is 0. The quantitative estimate of drug-likeness (QED) is 0.344. The molecule has 0 atom stereocenters. The second-order valence-corrected chi connectivity index (χ2v) is 2.40. The summed E-state index contributed by atoms with van der Waals surface area (Å²) in [6.45, 7) is 3.64. The van der Waals surface area contributed by atoms with Gasteiger partial charge in [-0.3, -0.25) is 4.79 Å². The van der Waals surface area contributed by atoms with Crippen LogP contribution in [0, 0.1) is 0 Å². The van der Waals surface area contributed by atoms with Crippen LogP contribution in [-0.2, 0) is 14.3 Å². The van der Waals surface area contributed by atoms with Crippen LogP contribution in [-0.4, -0.2) is 18.4 Å². The van der Waals surface area contributed by atoms with Gasteiger partial charge in [-0.25, -0.2) is 4.79 Å². The van der Waals surface area contributed by atoms with Gasteiger partial charge < -0.3 is 4.74 Å². The first-order valence-electron chi connectivity index (χ1n) is 3.86. The molecule has 0 aliphatic heterocycles. The number of carbonyl (C=O) groups excluding carboxylic acids is 2. The first kappa shape index (κ1) is 10.1. The Kier molecular flexibility index (Phi) is 5.43. The van der Waals surface area contributed by atoms with E-state index in [1.54, 1.807) is 0 Å². The molecule has 0 bridgehead atoms. The summed E-state index contributed by atoms with van der Waals surface area (Å²) in [7, 11) is 0. The van der Waals surface area contributed by atoms with Crippen LogP contribution in [0.25, 0.3) is 0 Å². The molecule has 0 N–H and O–H groups in total. The third kappa shape index (κ3) is 5.58. The van der Waals surface area contributed by atoms with Crippen molar-refractivity contribution >= 4 is 11.8 Å². The third-order valence-electron chi connectivity index (χ3n) is 1.27. The van der Waals surface area contributed by atoms with Crippen LogP contribution in [0.5, 0.6) is 0 Å². The van der Waals surface area contributed by atoms with Crippen LogP contribution >= 0.6 is 0 Å². The van der Waals surface area contributed by atoms with Crippen LogP contribution in [0.2, 0.25) is 0 Å². The van der Waals surface area contributed by atoms with Crippen molar-refractivity contribution in [1.82, 2.24) is 0 Å². The van der Waals surface area contributed by atoms with E-state index in [-0.39, 0.29) is 0 Å². The van der Waals surface area contributed by atoms with Gasteiger partial charge in [0.1, 0.15) is 0 Å². The highest BCUT2D eigenvalue weighted by atomic mass is 16.5. The van der Waals surface area contributed by atoms with Crippen molar-refractivity contribution in [2.45, 2.75) is 33.1 Å². The molecule has 0 radical (unpaired) electrons. The topological polar surface area (TPSA) is 43.4 Å². The smallest absolute Gasteiger partial charge is 0.374 e. The minimum Gasteiger partial charge on any atom is -0.460 e. The molecule has 0 amide bonds. The number of unbranched alkanes of at least 4 members (excludes halogenated alkanes) is 2. The number of hydrogen-bond acceptors (Lipinski definition) is 3. The lowest BCUT2D eigenvalue weighted by Crippen LogP contribution is -2.14. The molecule has 64 valence electrons. The lowest BCUT2D eigenvalue weighted by molar-refractivity contribution is -0.153. The van der Waals surface area contributed by atoms with Crippen molar-refractivity contribution in [2.75, 3.05) is 6.61 Å². The predicted octanol–water partition coefficient (Wildman–Crippen LogP) is 1.31. The maximum atomic E-state index is 10.5. The fourth-order valence-electron chi connectivity index (χ4n) is 0.619. The van der Waals surface area contributed by atoms with Gasteiger partial charge in [-0.1, -0.05) is 19.8 Å². The molecule has 0 aromatic heterocycles. The number of Topliss-reactive ketones (excluding diaryl/α,β-unsaturated/α-hetero) is 1. The number of ether oxygens (including phenoxy) is 1. The van der Waals surface area contributed by atoms with E-state index in [0.717, 1.165) is 19.3 Å². The minimum atomic E-state index is -0.721. The van der Waals surface area contributed by atoms with Crippen molar-refractivity contribution in [2.24, 2.45) is 0 Å². The highest BCUT2D eigenvalue weighted by Gasteiger charge is 2.06. The highest BCUT2D eigenvalue weighted by molar-refractivity contribution is 6.32. The normalized spacial score (nSPS) is 9.27. The summed E-state index contributed by atoms with van der Waals surface area (Å²) in [5.74, 6) is -1.25. The van der Waals surface area contributed by atoms with E-state index >= 15 is 0 Å². The fraction of sp³-hybridized carbons (Fsp3) is 0.750. The highest BCUT2D eigenvalue weighted by Crippen LogP contribution is 1.94. The Morgan fingerprint density at radius 2 is 1.91 bits per heavy atom. The molecule has 0 fully saturated rings. The SMILES string of the molecule is CCCCCOC(=O)C(C)=O. The van der Waals surface area contributed by atoms with Gasteiger partial charge in [0.2, 0.25) is 5.78 Å². The van der Waals surface area contributed by atoms with Gasteiger partial charge in [-0.15, -0.1) is 0 Å². The van der Waals surface area contributed by atoms with Gasteiger partial charge in [0, 0.05) is 6.92 Å². The monoisotopic (exact) mass is 158 g/mol. The van der Waals surface area contributed by atoms with Crippen LogP contribution in [0.1, 0.15) is 33.1 Å². The maximum absolute atomic E-state index is 10.5. The summed E-state index contributed by atoms with van der Waals surface area (Å²) in [5.41, 5.74) is 0. The molecule has 0 saturated carbocycles. The van der Waals surface area contributed by atoms with E-state index < -0.39 is 11.8 Å². The molecule has 0 heterocycles. The minimum absolute atomic E-state index is 0.367. The van der Waals surface area contributed by atoms with Crippen LogP contribution in [0.15, 0.2) is 0 Å². The molecular formula is C8H14O3. The Bertz CT molecular complexity index is 140. The van der Waals surface area contributed by atoms with E-state index in [2.05, 4.69) is 11.7 Å². The van der Waals surface area contributed by atoms with Gasteiger partial charge in [-0.2, -0.15) is 0 Å². The van der Waals surface area contributed by atoms with Crippen molar-refractivity contribution < 1.29 is 14.3 Å². The lowest BCUT2D eigenvalue weighted by Gasteiger charge is -1.99. The molecule has 3 heteroatoms. The standard InChI is InChI=1S/C8H14O3/c1-3-4-5-6-11-8(10)7(2)9/h3-6H2,1-2H3. The molecule has 0 rings (SSSR count). The van der Waals surface area contributed by atoms with E-state index in [9.17, 15) is 9.59 Å². The Labute approximate surface area is 66.7 Å². The summed E-state index contributed by atoms with van der Waals surface area (Å²) < 4.78 is 4.62. The van der Waals surface area contributed by atoms with Gasteiger partial charge in [0.05, 0.1) is 6.61 Å². The summed E-state index contributed by atoms with van der Waals surface area (Å²) in [6.07, 6.45) is 2.96. The molecule has 11 heavy (non-hydrogen) atoms. The summed E-state index contributed by atoms with van der Waals surface area (Å²) >= 11 is 0. The molecule has 0 aliphatic rings. The molecule has 3 nitrogen and oxygen atoms in total. The van der Waals surface area contributed by atoms with Gasteiger partial charge in [0.25, 0.3) is 0 Å². The number of carbonyl (C=O) groups is 2. The second kappa shape index (κ2) is 5.89. The molecule has 0 spiro atoms. The fourth-order valence-corrected chi connectivity index (χ4v) is 0.619. The lowest BCUT2D eigenvalue weighted by atomic mass is 10.3. The first-order valence-corrected chi connectivity index (χ1v) is 3.86. The van der Waals surface area contributed by atoms with Gasteiger partial charge in [-0.05, 0) is 6.42 Å². The van der Waals surface area contributed by atoms with Crippen LogP contribution in [0.4, 0.5) is 0 Å². The van der Waals surface area contributed by atoms with E-state index in [1.807, 2.05) is 0 Å². The van der Waals surface area contributed by atoms with Crippen molar-refractivity contribution in [3.8, 4) is 0 Å². The van der Waals surface area contributed by atoms with E-state index in [4.69, 9.17) is 0 Å². The van der Waals surface area contributed by atoms with Crippen LogP contribution in [0.3, 0.4) is 0 Å². The molecular weight excluding hydrogens is 144 g/mol. The Hall–Kier alpha value is -0.860. The molecule has 0 saturated heterocycles.